The number of carbonyl (C=O) groups is 1. The number of carbonyl (C=O) groups excluding carboxylic acids is 1. The molecule has 0 spiro atoms. The quantitative estimate of drug-likeness (QED) is 0.0273. The zero-order valence-corrected chi connectivity index (χ0v) is 41.4. The number of nitrogens with zero attached hydrogens (tertiary/aromatic N) is 1. The first-order chi connectivity index (χ1) is 30.0. The van der Waals surface area contributed by atoms with Crippen molar-refractivity contribution in [2.24, 2.45) is 0 Å². The molecule has 0 aliphatic heterocycles. The molecule has 0 bridgehead atoms. The highest BCUT2D eigenvalue weighted by Crippen LogP contribution is 2.38. The van der Waals surface area contributed by atoms with E-state index in [2.05, 4.69) is 92.1 Å². The second-order valence-corrected chi connectivity index (χ2v) is 19.2. The van der Waals surface area contributed by atoms with E-state index in [1.54, 1.807) is 6.08 Å². The zero-order chi connectivity index (χ0) is 45.7. The predicted octanol–water partition coefficient (Wildman–Crippen LogP) is 13.9. The Balaban J connectivity index is 4.43. The summed E-state index contributed by atoms with van der Waals surface area (Å²) in [6.07, 6.45) is 60.9. The van der Waals surface area contributed by atoms with E-state index in [1.807, 2.05) is 27.2 Å². The van der Waals surface area contributed by atoms with Crippen LogP contribution in [0.15, 0.2) is 85.1 Å². The number of unbranched alkanes of at least 4 members (excludes halogenated alkanes) is 19. The van der Waals surface area contributed by atoms with E-state index in [4.69, 9.17) is 9.05 Å². The van der Waals surface area contributed by atoms with Gasteiger partial charge >= 0.3 is 0 Å². The molecule has 0 aromatic carbocycles. The number of hydrogen-bond acceptors (Lipinski definition) is 6. The first-order valence-electron chi connectivity index (χ1n) is 24.9. The molecule has 358 valence electrons. The third-order valence-electron chi connectivity index (χ3n) is 10.6. The van der Waals surface area contributed by atoms with Gasteiger partial charge in [0, 0.05) is 6.42 Å². The van der Waals surface area contributed by atoms with Crippen LogP contribution < -0.4 is 10.2 Å². The number of rotatable bonds is 44. The van der Waals surface area contributed by atoms with Crippen molar-refractivity contribution in [2.45, 2.75) is 206 Å². The highest BCUT2D eigenvalue weighted by molar-refractivity contribution is 7.45. The van der Waals surface area contributed by atoms with Gasteiger partial charge in [-0.2, -0.15) is 0 Å². The second-order valence-electron chi connectivity index (χ2n) is 17.8. The van der Waals surface area contributed by atoms with Crippen molar-refractivity contribution < 1.29 is 32.9 Å². The summed E-state index contributed by atoms with van der Waals surface area (Å²) in [6.45, 7) is 4.46. The zero-order valence-electron chi connectivity index (χ0n) is 40.5. The van der Waals surface area contributed by atoms with Gasteiger partial charge in [0.25, 0.3) is 7.82 Å². The highest BCUT2D eigenvalue weighted by Gasteiger charge is 2.23. The summed E-state index contributed by atoms with van der Waals surface area (Å²) in [7, 11) is 1.19. The van der Waals surface area contributed by atoms with Gasteiger partial charge in [-0.05, 0) is 83.5 Å². The molecule has 0 saturated heterocycles. The maximum absolute atomic E-state index is 12.9. The lowest BCUT2D eigenvalue weighted by Gasteiger charge is -2.29. The number of hydrogen-bond donors (Lipinski definition) is 2. The Morgan fingerprint density at radius 2 is 1.00 bits per heavy atom. The molecule has 0 heterocycles. The molecule has 8 nitrogen and oxygen atoms in total. The molecule has 0 fully saturated rings. The summed E-state index contributed by atoms with van der Waals surface area (Å²) in [6, 6.07) is -0.936. The number of amides is 1. The lowest BCUT2D eigenvalue weighted by molar-refractivity contribution is -0.870. The van der Waals surface area contributed by atoms with Crippen LogP contribution in [0.3, 0.4) is 0 Å². The minimum absolute atomic E-state index is 0.0214. The molecule has 9 heteroatoms. The number of nitrogens with one attached hydrogen (secondary N) is 1. The molecule has 62 heavy (non-hydrogen) atoms. The molecule has 0 aliphatic rings. The van der Waals surface area contributed by atoms with Crippen molar-refractivity contribution >= 4 is 13.7 Å². The molecule has 0 radical (unpaired) electrons. The highest BCUT2D eigenvalue weighted by atomic mass is 31.2. The molecule has 3 unspecified atom stereocenters. The summed E-state index contributed by atoms with van der Waals surface area (Å²) in [5.74, 6) is -0.255. The minimum Gasteiger partial charge on any atom is -0.756 e. The number of quaternary nitrogens is 1. The van der Waals surface area contributed by atoms with E-state index in [9.17, 15) is 19.4 Å². The normalized spacial score (nSPS) is 14.9. The van der Waals surface area contributed by atoms with Gasteiger partial charge < -0.3 is 28.8 Å². The third kappa shape index (κ3) is 45.7. The van der Waals surface area contributed by atoms with Crippen LogP contribution in [0.25, 0.3) is 0 Å². The molecule has 3 atom stereocenters. The summed E-state index contributed by atoms with van der Waals surface area (Å²) in [5, 5.41) is 13.8. The summed E-state index contributed by atoms with van der Waals surface area (Å²) in [4.78, 5) is 25.3. The molecule has 0 aromatic heterocycles. The van der Waals surface area contributed by atoms with Crippen molar-refractivity contribution in [3.63, 3.8) is 0 Å². The maximum atomic E-state index is 12.9. The first kappa shape index (κ1) is 59.7. The molecular formula is C53H95N2O6P. The van der Waals surface area contributed by atoms with Gasteiger partial charge in [0.2, 0.25) is 5.91 Å². The van der Waals surface area contributed by atoms with Crippen molar-refractivity contribution in [1.82, 2.24) is 5.32 Å². The van der Waals surface area contributed by atoms with Crippen molar-refractivity contribution in [3.8, 4) is 0 Å². The Bertz CT molecular complexity index is 1280. The minimum atomic E-state index is -4.62. The van der Waals surface area contributed by atoms with Crippen LogP contribution in [0, 0.1) is 0 Å². The summed E-state index contributed by atoms with van der Waals surface area (Å²) < 4.78 is 23.2. The summed E-state index contributed by atoms with van der Waals surface area (Å²) in [5.41, 5.74) is 0. The van der Waals surface area contributed by atoms with Crippen LogP contribution in [-0.4, -0.2) is 68.5 Å². The topological polar surface area (TPSA) is 108 Å². The van der Waals surface area contributed by atoms with Gasteiger partial charge in [0.05, 0.1) is 39.9 Å². The molecule has 2 N–H and O–H groups in total. The van der Waals surface area contributed by atoms with E-state index < -0.39 is 26.6 Å². The Morgan fingerprint density at radius 3 is 1.50 bits per heavy atom. The van der Waals surface area contributed by atoms with Crippen LogP contribution in [0.4, 0.5) is 0 Å². The molecular weight excluding hydrogens is 792 g/mol. The van der Waals surface area contributed by atoms with Crippen LogP contribution in [0.1, 0.15) is 194 Å². The standard InChI is InChI=1S/C53H95N2O6P/c1-6-8-10-12-14-16-18-20-22-23-24-25-26-27-28-29-30-31-33-34-36-38-40-42-44-46-52(56)51(50-61-62(58,59)60-49-48-55(3,4)5)54-53(57)47-45-43-41-39-37-35-32-21-19-17-15-13-11-9-7-2/h9,11,15,17,21,30-32,36-39,44,46,51-52,56H,6-8,10,12-14,16,18-20,22-29,33-35,40-43,45,47-50H2,1-5H3,(H-,54,57,58,59)/b11-9-,17-15-,31-30+,32-21-,38-36+,39-37-,46-44+. The SMILES string of the molecule is CC/C=C\C/C=C\C/C=C\C/C=C\CCCCC(=O)NC(COP(=O)([O-])OCC[N+](C)(C)C)C(O)/C=C/CC/C=C/CC/C=C/CCCCCCCCCCCCCCCCC. The molecule has 1 amide bonds. The van der Waals surface area contributed by atoms with Gasteiger partial charge in [-0.3, -0.25) is 9.36 Å². The number of aliphatic hydroxyl groups is 1. The van der Waals surface area contributed by atoms with E-state index in [1.165, 1.54) is 103 Å². The van der Waals surface area contributed by atoms with E-state index in [-0.39, 0.29) is 18.9 Å². The average Bonchev–Trinajstić information content (AvgIpc) is 3.23. The van der Waals surface area contributed by atoms with Crippen LogP contribution in [-0.2, 0) is 18.4 Å². The smallest absolute Gasteiger partial charge is 0.268 e. The Kier molecular flexibility index (Phi) is 42.3. The lowest BCUT2D eigenvalue weighted by Crippen LogP contribution is -2.45. The fourth-order valence-corrected chi connectivity index (χ4v) is 7.37. The van der Waals surface area contributed by atoms with Gasteiger partial charge in [0.1, 0.15) is 13.2 Å². The Morgan fingerprint density at radius 1 is 0.581 bits per heavy atom. The Labute approximate surface area is 382 Å². The van der Waals surface area contributed by atoms with Crippen LogP contribution in [0.2, 0.25) is 0 Å². The third-order valence-corrected chi connectivity index (χ3v) is 11.5. The number of phosphoric acid groups is 1. The predicted molar refractivity (Wildman–Crippen MR) is 265 cm³/mol. The molecule has 0 saturated carbocycles. The number of allylic oxidation sites excluding steroid dienone is 13. The Hall–Kier alpha value is -2.32. The second kappa shape index (κ2) is 43.9. The monoisotopic (exact) mass is 887 g/mol. The molecule has 0 rings (SSSR count). The van der Waals surface area contributed by atoms with Crippen LogP contribution >= 0.6 is 7.82 Å². The van der Waals surface area contributed by atoms with E-state index in [0.29, 0.717) is 17.4 Å². The van der Waals surface area contributed by atoms with Gasteiger partial charge in [-0.15, -0.1) is 0 Å². The molecule has 0 aliphatic carbocycles. The largest absolute Gasteiger partial charge is 0.756 e. The fraction of sp³-hybridized carbons (Fsp3) is 0.717. The van der Waals surface area contributed by atoms with Gasteiger partial charge in [-0.25, -0.2) is 0 Å². The van der Waals surface area contributed by atoms with Crippen LogP contribution in [0.5, 0.6) is 0 Å². The summed E-state index contributed by atoms with van der Waals surface area (Å²) >= 11 is 0. The maximum Gasteiger partial charge on any atom is 0.268 e. The first-order valence-corrected chi connectivity index (χ1v) is 26.4. The van der Waals surface area contributed by atoms with Crippen molar-refractivity contribution in [2.75, 3.05) is 40.9 Å². The van der Waals surface area contributed by atoms with Crippen molar-refractivity contribution in [1.29, 1.82) is 0 Å². The average molecular weight is 887 g/mol. The van der Waals surface area contributed by atoms with E-state index in [0.717, 1.165) is 64.2 Å². The van der Waals surface area contributed by atoms with Gasteiger partial charge in [0.15, 0.2) is 0 Å². The molecule has 0 aromatic rings. The van der Waals surface area contributed by atoms with E-state index >= 15 is 0 Å². The number of phosphoric ester groups is 1. The van der Waals surface area contributed by atoms with Gasteiger partial charge in [-0.1, -0.05) is 189 Å². The number of aliphatic hydroxyl groups excluding tert-OH is 1. The lowest BCUT2D eigenvalue weighted by atomic mass is 10.0. The number of likely N-dealkylation sites (N-methyl/N-ethyl adjacent to an activating group) is 1. The fourth-order valence-electron chi connectivity index (χ4n) is 6.64. The van der Waals surface area contributed by atoms with Crippen molar-refractivity contribution in [3.05, 3.63) is 85.1 Å².